The molecule has 1 amide bonds. The third kappa shape index (κ3) is 5.52. The SMILES string of the molecule is O=C(Cc1c(F)ccc(F)c1Cl)Nc1cccc(CN2CCC(C(=O)O)CC2)c1. The predicted molar refractivity (Wildman–Crippen MR) is 106 cm³/mol. The maximum absolute atomic E-state index is 13.9. The van der Waals surface area contributed by atoms with Crippen molar-refractivity contribution in [3.8, 4) is 0 Å². The molecule has 29 heavy (non-hydrogen) atoms. The molecule has 2 aromatic rings. The van der Waals surface area contributed by atoms with Gasteiger partial charge in [-0.2, -0.15) is 0 Å². The molecule has 0 bridgehead atoms. The average Bonchev–Trinajstić information content (AvgIpc) is 2.69. The molecule has 0 aliphatic carbocycles. The number of rotatable bonds is 6. The van der Waals surface area contributed by atoms with E-state index in [2.05, 4.69) is 10.2 Å². The van der Waals surface area contributed by atoms with Crippen LogP contribution in [0.4, 0.5) is 14.5 Å². The maximum Gasteiger partial charge on any atom is 0.306 e. The van der Waals surface area contributed by atoms with Crippen molar-refractivity contribution in [2.24, 2.45) is 5.92 Å². The molecule has 0 unspecified atom stereocenters. The van der Waals surface area contributed by atoms with E-state index in [1.54, 1.807) is 12.1 Å². The fourth-order valence-corrected chi connectivity index (χ4v) is 3.66. The molecule has 0 atom stereocenters. The van der Waals surface area contributed by atoms with Crippen molar-refractivity contribution in [1.82, 2.24) is 4.90 Å². The number of benzene rings is 2. The monoisotopic (exact) mass is 422 g/mol. The predicted octanol–water partition coefficient (Wildman–Crippen LogP) is 4.10. The lowest BCUT2D eigenvalue weighted by Crippen LogP contribution is -2.35. The number of hydrogen-bond donors (Lipinski definition) is 2. The van der Waals surface area contributed by atoms with Crippen LogP contribution < -0.4 is 5.32 Å². The fourth-order valence-electron chi connectivity index (χ4n) is 3.44. The van der Waals surface area contributed by atoms with Crippen molar-refractivity contribution in [1.29, 1.82) is 0 Å². The number of likely N-dealkylation sites (tertiary alicyclic amines) is 1. The summed E-state index contributed by atoms with van der Waals surface area (Å²) in [5.41, 5.74) is 1.33. The highest BCUT2D eigenvalue weighted by Crippen LogP contribution is 2.24. The number of carboxylic acids is 1. The molecule has 2 N–H and O–H groups in total. The highest BCUT2D eigenvalue weighted by Gasteiger charge is 2.24. The van der Waals surface area contributed by atoms with Crippen LogP contribution in [0.2, 0.25) is 5.02 Å². The van der Waals surface area contributed by atoms with Crippen LogP contribution in [0.3, 0.4) is 0 Å². The highest BCUT2D eigenvalue weighted by molar-refractivity contribution is 6.31. The van der Waals surface area contributed by atoms with Crippen molar-refractivity contribution in [2.45, 2.75) is 25.8 Å². The van der Waals surface area contributed by atoms with Crippen LogP contribution in [-0.4, -0.2) is 35.0 Å². The van der Waals surface area contributed by atoms with E-state index in [9.17, 15) is 18.4 Å². The number of nitrogens with one attached hydrogen (secondary N) is 1. The molecule has 5 nitrogen and oxygen atoms in total. The third-order valence-electron chi connectivity index (χ3n) is 5.03. The molecular formula is C21H21ClF2N2O3. The highest BCUT2D eigenvalue weighted by atomic mass is 35.5. The second-order valence-corrected chi connectivity index (χ2v) is 7.51. The van der Waals surface area contributed by atoms with Gasteiger partial charge in [0, 0.05) is 17.8 Å². The van der Waals surface area contributed by atoms with E-state index >= 15 is 0 Å². The summed E-state index contributed by atoms with van der Waals surface area (Å²) in [5, 5.41) is 11.4. The molecule has 1 aliphatic rings. The molecule has 1 saturated heterocycles. The van der Waals surface area contributed by atoms with Crippen LogP contribution in [0.25, 0.3) is 0 Å². The molecule has 154 valence electrons. The zero-order valence-corrected chi connectivity index (χ0v) is 16.4. The van der Waals surface area contributed by atoms with Crippen molar-refractivity contribution in [3.63, 3.8) is 0 Å². The number of anilines is 1. The summed E-state index contributed by atoms with van der Waals surface area (Å²) in [6.07, 6.45) is 0.854. The molecule has 3 rings (SSSR count). The average molecular weight is 423 g/mol. The number of hydrogen-bond acceptors (Lipinski definition) is 3. The minimum Gasteiger partial charge on any atom is -0.481 e. The largest absolute Gasteiger partial charge is 0.481 e. The molecule has 0 aromatic heterocycles. The minimum absolute atomic E-state index is 0.179. The van der Waals surface area contributed by atoms with Gasteiger partial charge in [-0.3, -0.25) is 14.5 Å². The first kappa shape index (κ1) is 21.2. The van der Waals surface area contributed by atoms with Gasteiger partial charge < -0.3 is 10.4 Å². The van der Waals surface area contributed by atoms with Crippen LogP contribution in [0.1, 0.15) is 24.0 Å². The number of amides is 1. The smallest absolute Gasteiger partial charge is 0.306 e. The number of nitrogens with zero attached hydrogens (tertiary/aromatic N) is 1. The summed E-state index contributed by atoms with van der Waals surface area (Å²) in [7, 11) is 0. The second kappa shape index (κ2) is 9.33. The van der Waals surface area contributed by atoms with Gasteiger partial charge in [0.05, 0.1) is 17.4 Å². The van der Waals surface area contributed by atoms with Crippen molar-refractivity contribution >= 4 is 29.2 Å². The van der Waals surface area contributed by atoms with Crippen molar-refractivity contribution in [3.05, 3.63) is 64.2 Å². The zero-order valence-electron chi connectivity index (χ0n) is 15.6. The van der Waals surface area contributed by atoms with E-state index in [-0.39, 0.29) is 17.9 Å². The first-order valence-corrected chi connectivity index (χ1v) is 9.67. The summed E-state index contributed by atoms with van der Waals surface area (Å²) < 4.78 is 27.4. The van der Waals surface area contributed by atoms with Gasteiger partial charge in [0.25, 0.3) is 0 Å². The summed E-state index contributed by atoms with van der Waals surface area (Å²) in [6, 6.07) is 9.10. The van der Waals surface area contributed by atoms with Gasteiger partial charge in [-0.1, -0.05) is 23.7 Å². The van der Waals surface area contributed by atoms with Gasteiger partial charge >= 0.3 is 5.97 Å². The quantitative estimate of drug-likeness (QED) is 0.688. The first-order chi connectivity index (χ1) is 13.8. The molecule has 1 aliphatic heterocycles. The van der Waals surface area contributed by atoms with Crippen molar-refractivity contribution < 1.29 is 23.5 Å². The minimum atomic E-state index is -0.774. The third-order valence-corrected chi connectivity index (χ3v) is 5.44. The number of piperidine rings is 1. The Balaban J connectivity index is 1.59. The number of carbonyl (C=O) groups is 2. The molecule has 0 radical (unpaired) electrons. The van der Waals surface area contributed by atoms with Crippen LogP contribution in [0.15, 0.2) is 36.4 Å². The summed E-state index contributed by atoms with van der Waals surface area (Å²) >= 11 is 5.77. The molecule has 0 saturated carbocycles. The molecule has 2 aromatic carbocycles. The fraction of sp³-hybridized carbons (Fsp3) is 0.333. The Hall–Kier alpha value is -2.51. The molecular weight excluding hydrogens is 402 g/mol. The van der Waals surface area contributed by atoms with Crippen LogP contribution >= 0.6 is 11.6 Å². The van der Waals surface area contributed by atoms with E-state index in [4.69, 9.17) is 16.7 Å². The van der Waals surface area contributed by atoms with E-state index in [0.29, 0.717) is 38.2 Å². The van der Waals surface area contributed by atoms with Crippen LogP contribution in [0.5, 0.6) is 0 Å². The summed E-state index contributed by atoms with van der Waals surface area (Å²) in [4.78, 5) is 25.5. The Morgan fingerprint density at radius 2 is 1.83 bits per heavy atom. The van der Waals surface area contributed by atoms with Crippen LogP contribution in [0, 0.1) is 17.6 Å². The van der Waals surface area contributed by atoms with E-state index < -0.39 is 28.5 Å². The van der Waals surface area contributed by atoms with E-state index in [1.807, 2.05) is 12.1 Å². The molecule has 0 spiro atoms. The number of carbonyl (C=O) groups excluding carboxylic acids is 1. The lowest BCUT2D eigenvalue weighted by Gasteiger charge is -2.30. The van der Waals surface area contributed by atoms with Gasteiger partial charge in [0.2, 0.25) is 5.91 Å². The van der Waals surface area contributed by atoms with Gasteiger partial charge in [-0.15, -0.1) is 0 Å². The Kier molecular flexibility index (Phi) is 6.82. The first-order valence-electron chi connectivity index (χ1n) is 9.30. The Morgan fingerprint density at radius 1 is 1.14 bits per heavy atom. The summed E-state index contributed by atoms with van der Waals surface area (Å²) in [5.74, 6) is -3.04. The molecule has 1 heterocycles. The Morgan fingerprint density at radius 3 is 2.52 bits per heavy atom. The summed E-state index contributed by atoms with van der Waals surface area (Å²) in [6.45, 7) is 2.04. The molecule has 8 heteroatoms. The van der Waals surface area contributed by atoms with Gasteiger partial charge in [0.15, 0.2) is 0 Å². The lowest BCUT2D eigenvalue weighted by atomic mass is 9.97. The number of aliphatic carboxylic acids is 1. The van der Waals surface area contributed by atoms with Crippen molar-refractivity contribution in [2.75, 3.05) is 18.4 Å². The van der Waals surface area contributed by atoms with E-state index in [0.717, 1.165) is 17.7 Å². The van der Waals surface area contributed by atoms with Gasteiger partial charge in [-0.05, 0) is 55.8 Å². The van der Waals surface area contributed by atoms with Gasteiger partial charge in [0.1, 0.15) is 11.6 Å². The van der Waals surface area contributed by atoms with E-state index in [1.165, 1.54) is 0 Å². The lowest BCUT2D eigenvalue weighted by molar-refractivity contribution is -0.143. The standard InChI is InChI=1S/C21H21ClF2N2O3/c22-20-16(17(23)4-5-18(20)24)11-19(27)25-15-3-1-2-13(10-15)12-26-8-6-14(7-9-26)21(28)29/h1-5,10,14H,6-9,11-12H2,(H,25,27)(H,28,29). The molecule has 1 fully saturated rings. The van der Waals surface area contributed by atoms with Crippen LogP contribution in [-0.2, 0) is 22.6 Å². The Labute approximate surface area is 172 Å². The second-order valence-electron chi connectivity index (χ2n) is 7.14. The number of carboxylic acid groups (broad SMARTS) is 1. The zero-order chi connectivity index (χ0) is 21.0. The number of halogens is 3. The normalized spacial score (nSPS) is 15.3. The topological polar surface area (TPSA) is 69.6 Å². The van der Waals surface area contributed by atoms with Gasteiger partial charge in [-0.25, -0.2) is 8.78 Å². The maximum atomic E-state index is 13.9. The Bertz CT molecular complexity index is 915.